The van der Waals surface area contributed by atoms with E-state index in [9.17, 15) is 15.3 Å². The molecule has 1 heterocycles. The van der Waals surface area contributed by atoms with Crippen LogP contribution >= 0.6 is 0 Å². The molecular weight excluding hydrogens is 376 g/mol. The third kappa shape index (κ3) is 4.75. The fraction of sp³-hybridized carbons (Fsp3) is 0.208. The van der Waals surface area contributed by atoms with E-state index in [2.05, 4.69) is 11.4 Å². The summed E-state index contributed by atoms with van der Waals surface area (Å²) in [4.78, 5) is 12.4. The number of nitrogens with zero attached hydrogens (tertiary/aromatic N) is 3. The van der Waals surface area contributed by atoms with E-state index in [4.69, 9.17) is 4.74 Å². The predicted molar refractivity (Wildman–Crippen MR) is 115 cm³/mol. The van der Waals surface area contributed by atoms with E-state index in [1.54, 1.807) is 19.3 Å². The van der Waals surface area contributed by atoms with Gasteiger partial charge in [0.25, 0.3) is 5.91 Å². The number of hydrogen-bond donors (Lipinski definition) is 1. The van der Waals surface area contributed by atoms with E-state index < -0.39 is 5.91 Å². The van der Waals surface area contributed by atoms with Crippen LogP contribution in [0.3, 0.4) is 0 Å². The topological polar surface area (TPSA) is 90.8 Å². The van der Waals surface area contributed by atoms with Crippen LogP contribution in [-0.4, -0.2) is 30.7 Å². The highest BCUT2D eigenvalue weighted by molar-refractivity contribution is 6.04. The second-order valence-electron chi connectivity index (χ2n) is 6.77. The van der Waals surface area contributed by atoms with Crippen molar-refractivity contribution in [2.45, 2.75) is 13.0 Å². The number of carbonyl (C=O) groups excluding carboxylic acids is 1. The summed E-state index contributed by atoms with van der Waals surface area (Å²) in [5.41, 5.74) is 3.33. The Kier molecular flexibility index (Phi) is 7.00. The Balaban J connectivity index is 1.93. The average molecular weight is 398 g/mol. The van der Waals surface area contributed by atoms with E-state index in [1.807, 2.05) is 59.3 Å². The molecule has 0 aliphatic heterocycles. The Morgan fingerprint density at radius 1 is 1.17 bits per heavy atom. The first-order valence-corrected chi connectivity index (χ1v) is 9.62. The quantitative estimate of drug-likeness (QED) is 0.356. The van der Waals surface area contributed by atoms with Gasteiger partial charge in [0.2, 0.25) is 0 Å². The zero-order valence-corrected chi connectivity index (χ0v) is 16.8. The molecule has 0 atom stereocenters. The second kappa shape index (κ2) is 10.1. The van der Waals surface area contributed by atoms with Gasteiger partial charge in [0, 0.05) is 49.5 Å². The van der Waals surface area contributed by atoms with E-state index in [1.165, 1.54) is 0 Å². The number of nitriles is 2. The lowest BCUT2D eigenvalue weighted by atomic mass is 10.1. The van der Waals surface area contributed by atoms with Crippen LogP contribution in [0, 0.1) is 22.7 Å². The maximum Gasteiger partial charge on any atom is 0.261 e. The van der Waals surface area contributed by atoms with E-state index in [0.29, 0.717) is 31.7 Å². The van der Waals surface area contributed by atoms with Crippen LogP contribution in [0.5, 0.6) is 0 Å². The van der Waals surface area contributed by atoms with Crippen molar-refractivity contribution in [2.24, 2.45) is 0 Å². The molecule has 0 radical (unpaired) electrons. The number of hydrogen-bond acceptors (Lipinski definition) is 4. The van der Waals surface area contributed by atoms with Crippen LogP contribution in [0.4, 0.5) is 0 Å². The molecule has 0 saturated carbocycles. The van der Waals surface area contributed by atoms with Crippen molar-refractivity contribution in [3.63, 3.8) is 0 Å². The van der Waals surface area contributed by atoms with Gasteiger partial charge >= 0.3 is 0 Å². The molecule has 0 saturated heterocycles. The summed E-state index contributed by atoms with van der Waals surface area (Å²) in [7, 11) is 1.60. The lowest BCUT2D eigenvalue weighted by molar-refractivity contribution is -0.117. The van der Waals surface area contributed by atoms with E-state index in [-0.39, 0.29) is 5.57 Å². The number of ether oxygens (including phenoxy) is 1. The maximum absolute atomic E-state index is 12.4. The van der Waals surface area contributed by atoms with Crippen LogP contribution in [-0.2, 0) is 16.1 Å². The predicted octanol–water partition coefficient (Wildman–Crippen LogP) is 3.62. The molecular formula is C24H22N4O2. The van der Waals surface area contributed by atoms with Crippen molar-refractivity contribution in [3.05, 3.63) is 77.0 Å². The highest BCUT2D eigenvalue weighted by atomic mass is 16.5. The van der Waals surface area contributed by atoms with Gasteiger partial charge in [0.1, 0.15) is 11.6 Å². The third-order valence-corrected chi connectivity index (χ3v) is 4.77. The van der Waals surface area contributed by atoms with Crippen LogP contribution in [0.2, 0.25) is 0 Å². The number of aromatic nitrogens is 1. The molecule has 3 rings (SSSR count). The maximum atomic E-state index is 12.4. The Morgan fingerprint density at radius 2 is 1.93 bits per heavy atom. The number of amides is 1. The number of para-hydroxylation sites is 1. The first-order chi connectivity index (χ1) is 14.7. The Bertz CT molecular complexity index is 1160. The van der Waals surface area contributed by atoms with Crippen LogP contribution < -0.4 is 5.32 Å². The minimum absolute atomic E-state index is 0.0488. The molecule has 1 N–H and O–H groups in total. The summed E-state index contributed by atoms with van der Waals surface area (Å²) in [5.74, 6) is -0.403. The van der Waals surface area contributed by atoms with Gasteiger partial charge in [-0.25, -0.2) is 0 Å². The molecule has 1 aromatic heterocycles. The Hall–Kier alpha value is -3.87. The molecule has 2 aromatic carbocycles. The lowest BCUT2D eigenvalue weighted by Crippen LogP contribution is -2.26. The van der Waals surface area contributed by atoms with Crippen molar-refractivity contribution in [1.82, 2.24) is 9.88 Å². The smallest absolute Gasteiger partial charge is 0.261 e. The molecule has 0 spiro atoms. The Morgan fingerprint density at radius 3 is 2.70 bits per heavy atom. The first kappa shape index (κ1) is 20.9. The molecule has 1 amide bonds. The number of rotatable bonds is 8. The molecule has 6 nitrogen and oxygen atoms in total. The molecule has 150 valence electrons. The Labute approximate surface area is 175 Å². The largest absolute Gasteiger partial charge is 0.385 e. The van der Waals surface area contributed by atoms with Crippen LogP contribution in [0.15, 0.2) is 60.3 Å². The fourth-order valence-electron chi connectivity index (χ4n) is 3.29. The standard InChI is InChI=1S/C24H22N4O2/c1-30-12-6-11-27-24(29)20(15-26)13-21-17-28(23-10-5-4-9-22(21)23)16-19-8-3-2-7-18(19)14-25/h2-5,7-10,13,17H,6,11-12,16H2,1H3,(H,27,29)/b20-13+. The fourth-order valence-corrected chi connectivity index (χ4v) is 3.29. The van der Waals surface area contributed by atoms with Gasteiger partial charge < -0.3 is 14.6 Å². The highest BCUT2D eigenvalue weighted by Gasteiger charge is 2.13. The minimum atomic E-state index is -0.403. The molecule has 0 fully saturated rings. The average Bonchev–Trinajstić information content (AvgIpc) is 3.12. The molecule has 0 aliphatic rings. The summed E-state index contributed by atoms with van der Waals surface area (Å²) in [6.45, 7) is 1.51. The summed E-state index contributed by atoms with van der Waals surface area (Å²) in [5, 5.41) is 22.6. The zero-order valence-electron chi connectivity index (χ0n) is 16.8. The number of benzene rings is 2. The van der Waals surface area contributed by atoms with Gasteiger partial charge in [-0.1, -0.05) is 36.4 Å². The molecule has 0 bridgehead atoms. The monoisotopic (exact) mass is 398 g/mol. The summed E-state index contributed by atoms with van der Waals surface area (Å²) in [6.07, 6.45) is 4.20. The number of nitrogens with one attached hydrogen (secondary N) is 1. The second-order valence-corrected chi connectivity index (χ2v) is 6.77. The summed E-state index contributed by atoms with van der Waals surface area (Å²) < 4.78 is 7.00. The van der Waals surface area contributed by atoms with Crippen LogP contribution in [0.25, 0.3) is 17.0 Å². The van der Waals surface area contributed by atoms with E-state index >= 15 is 0 Å². The SMILES string of the molecule is COCCCNC(=O)/C(C#N)=C/c1cn(Cc2ccccc2C#N)c2ccccc12. The number of carbonyl (C=O) groups is 1. The molecule has 0 aliphatic carbocycles. The molecule has 6 heteroatoms. The first-order valence-electron chi connectivity index (χ1n) is 9.62. The highest BCUT2D eigenvalue weighted by Crippen LogP contribution is 2.25. The normalized spacial score (nSPS) is 11.1. The van der Waals surface area contributed by atoms with E-state index in [0.717, 1.165) is 22.0 Å². The van der Waals surface area contributed by atoms with Crippen molar-refractivity contribution < 1.29 is 9.53 Å². The molecule has 0 unspecified atom stereocenters. The van der Waals surface area contributed by atoms with Crippen molar-refractivity contribution in [2.75, 3.05) is 20.3 Å². The van der Waals surface area contributed by atoms with Gasteiger partial charge in [-0.3, -0.25) is 4.79 Å². The number of methoxy groups -OCH3 is 1. The summed E-state index contributed by atoms with van der Waals surface area (Å²) >= 11 is 0. The van der Waals surface area contributed by atoms with Crippen molar-refractivity contribution in [3.8, 4) is 12.1 Å². The van der Waals surface area contributed by atoms with Gasteiger partial charge in [-0.05, 0) is 30.2 Å². The van der Waals surface area contributed by atoms with Gasteiger partial charge in [0.05, 0.1) is 11.6 Å². The lowest BCUT2D eigenvalue weighted by Gasteiger charge is -2.07. The third-order valence-electron chi connectivity index (χ3n) is 4.77. The summed E-state index contributed by atoms with van der Waals surface area (Å²) in [6, 6.07) is 19.5. The molecule has 3 aromatic rings. The van der Waals surface area contributed by atoms with Crippen LogP contribution in [0.1, 0.15) is 23.1 Å². The van der Waals surface area contributed by atoms with Gasteiger partial charge in [-0.15, -0.1) is 0 Å². The van der Waals surface area contributed by atoms with Crippen molar-refractivity contribution >= 4 is 22.9 Å². The number of fused-ring (bicyclic) bond motifs is 1. The minimum Gasteiger partial charge on any atom is -0.385 e. The van der Waals surface area contributed by atoms with Gasteiger partial charge in [-0.2, -0.15) is 10.5 Å². The zero-order chi connectivity index (χ0) is 21.3. The van der Waals surface area contributed by atoms with Gasteiger partial charge in [0.15, 0.2) is 0 Å². The van der Waals surface area contributed by atoms with Crippen molar-refractivity contribution in [1.29, 1.82) is 10.5 Å². The molecule has 30 heavy (non-hydrogen) atoms.